The quantitative estimate of drug-likeness (QED) is 0.710. The minimum atomic E-state index is -2.11. The lowest BCUT2D eigenvalue weighted by Gasteiger charge is -2.16. The van der Waals surface area contributed by atoms with Crippen molar-refractivity contribution in [3.8, 4) is 11.5 Å². The Balaban J connectivity index is 2.93. The summed E-state index contributed by atoms with van der Waals surface area (Å²) in [6.45, 7) is -0.850. The molecule has 0 spiro atoms. The summed E-state index contributed by atoms with van der Waals surface area (Å²) in [4.78, 5) is 0.564. The van der Waals surface area contributed by atoms with Crippen LogP contribution in [0.5, 0.6) is 11.5 Å². The molecule has 1 aromatic carbocycles. The van der Waals surface area contributed by atoms with Crippen LogP contribution < -0.4 is 15.2 Å². The maximum absolute atomic E-state index is 13.4. The average Bonchev–Trinajstić information content (AvgIpc) is 2.51. The molecule has 0 heterocycles. The van der Waals surface area contributed by atoms with Crippen molar-refractivity contribution < 1.29 is 22.6 Å². The van der Waals surface area contributed by atoms with Crippen LogP contribution >= 0.6 is 11.8 Å². The molecule has 2 atom stereocenters. The van der Waals surface area contributed by atoms with Gasteiger partial charge < -0.3 is 15.2 Å². The lowest BCUT2D eigenvalue weighted by molar-refractivity contribution is 0.153. The molecule has 0 aliphatic rings. The fraction of sp³-hybridized carbons (Fsp3) is 0.571. The van der Waals surface area contributed by atoms with Gasteiger partial charge in [-0.25, -0.2) is 13.2 Å². The third-order valence-electron chi connectivity index (χ3n) is 2.88. The number of thioether (sulfide) groups is 1. The van der Waals surface area contributed by atoms with Crippen molar-refractivity contribution in [2.24, 2.45) is 5.73 Å². The minimum absolute atomic E-state index is 0.214. The first-order valence-electron chi connectivity index (χ1n) is 6.49. The molecule has 0 aliphatic carbocycles. The molecular weight excluding hydrogens is 303 g/mol. The first-order valence-corrected chi connectivity index (χ1v) is 7.47. The van der Waals surface area contributed by atoms with Crippen molar-refractivity contribution in [3.63, 3.8) is 0 Å². The first kappa shape index (κ1) is 18.0. The van der Waals surface area contributed by atoms with Crippen molar-refractivity contribution in [3.05, 3.63) is 17.7 Å². The maximum atomic E-state index is 13.4. The third-order valence-corrected chi connectivity index (χ3v) is 4.06. The van der Waals surface area contributed by atoms with Gasteiger partial charge in [0.25, 0.3) is 0 Å². The van der Waals surface area contributed by atoms with Crippen LogP contribution in [0.2, 0.25) is 0 Å². The van der Waals surface area contributed by atoms with Crippen LogP contribution in [-0.2, 0) is 6.42 Å². The van der Waals surface area contributed by atoms with E-state index < -0.39 is 19.0 Å². The summed E-state index contributed by atoms with van der Waals surface area (Å²) in [5.41, 5.74) is 6.45. The van der Waals surface area contributed by atoms with Gasteiger partial charge in [0.15, 0.2) is 6.17 Å². The number of hydrogen-bond acceptors (Lipinski definition) is 4. The van der Waals surface area contributed by atoms with Crippen molar-refractivity contribution in [1.29, 1.82) is 0 Å². The van der Waals surface area contributed by atoms with E-state index in [4.69, 9.17) is 15.2 Å². The molecule has 0 amide bonds. The zero-order valence-corrected chi connectivity index (χ0v) is 12.9. The second-order valence-corrected chi connectivity index (χ2v) is 5.40. The Hall–Kier alpha value is -1.08. The number of ether oxygens (including phenoxy) is 2. The highest BCUT2D eigenvalue weighted by Crippen LogP contribution is 2.39. The molecule has 0 fully saturated rings. The van der Waals surface area contributed by atoms with Gasteiger partial charge in [0, 0.05) is 5.75 Å². The molecule has 1 rings (SSSR count). The number of halogens is 3. The van der Waals surface area contributed by atoms with E-state index in [0.717, 1.165) is 17.3 Å². The molecule has 1 aromatic rings. The lowest BCUT2D eigenvalue weighted by atomic mass is 10.1. The molecule has 0 aromatic heterocycles. The molecule has 0 saturated heterocycles. The van der Waals surface area contributed by atoms with Crippen LogP contribution in [0.4, 0.5) is 13.2 Å². The Morgan fingerprint density at radius 1 is 1.14 bits per heavy atom. The van der Waals surface area contributed by atoms with Gasteiger partial charge in [0.05, 0.1) is 19.1 Å². The smallest absolute Gasteiger partial charge is 0.160 e. The van der Waals surface area contributed by atoms with E-state index in [0.29, 0.717) is 29.4 Å². The molecular formula is C14H20F3NO2S. The second-order valence-electron chi connectivity index (χ2n) is 4.37. The number of hydrogen-bond donors (Lipinski definition) is 1. The van der Waals surface area contributed by atoms with E-state index in [-0.39, 0.29) is 5.75 Å². The van der Waals surface area contributed by atoms with Crippen molar-refractivity contribution in [1.82, 2.24) is 0 Å². The Bertz CT molecular complexity index is 423. The van der Waals surface area contributed by atoms with Gasteiger partial charge in [-0.1, -0.05) is 0 Å². The van der Waals surface area contributed by atoms with Gasteiger partial charge in [-0.2, -0.15) is 0 Å². The monoisotopic (exact) mass is 323 g/mol. The highest BCUT2D eigenvalue weighted by atomic mass is 32.2. The predicted octanol–water partition coefficient (Wildman–Crippen LogP) is 2.94. The predicted molar refractivity (Wildman–Crippen MR) is 78.8 cm³/mol. The normalized spacial score (nSPS) is 13.8. The molecule has 21 heavy (non-hydrogen) atoms. The summed E-state index contributed by atoms with van der Waals surface area (Å²) < 4.78 is 49.0. The highest BCUT2D eigenvalue weighted by molar-refractivity contribution is 7.99. The van der Waals surface area contributed by atoms with E-state index >= 15 is 0 Å². The summed E-state index contributed by atoms with van der Waals surface area (Å²) >= 11 is 1.04. The fourth-order valence-electron chi connectivity index (χ4n) is 1.75. The summed E-state index contributed by atoms with van der Waals surface area (Å²) in [6, 6.07) is 3.57. The van der Waals surface area contributed by atoms with Gasteiger partial charge in [-0.3, -0.25) is 0 Å². The van der Waals surface area contributed by atoms with Crippen LogP contribution in [0.3, 0.4) is 0 Å². The molecule has 2 N–H and O–H groups in total. The van der Waals surface area contributed by atoms with Gasteiger partial charge in [0.2, 0.25) is 0 Å². The first-order chi connectivity index (χ1) is 10.1. The summed E-state index contributed by atoms with van der Waals surface area (Å²) in [6.07, 6.45) is -3.33. The molecule has 3 nitrogen and oxygen atoms in total. The van der Waals surface area contributed by atoms with Crippen LogP contribution in [0.25, 0.3) is 0 Å². The molecule has 2 unspecified atom stereocenters. The zero-order chi connectivity index (χ0) is 15.8. The van der Waals surface area contributed by atoms with Crippen LogP contribution in [0, 0.1) is 0 Å². The molecule has 0 bridgehead atoms. The van der Waals surface area contributed by atoms with Crippen molar-refractivity contribution >= 4 is 11.8 Å². The summed E-state index contributed by atoms with van der Waals surface area (Å²) in [5.74, 6) is 0.796. The van der Waals surface area contributed by atoms with Crippen LogP contribution in [-0.4, -0.2) is 45.5 Å². The average molecular weight is 323 g/mol. The second kappa shape index (κ2) is 9.04. The van der Waals surface area contributed by atoms with Crippen molar-refractivity contribution in [2.75, 3.05) is 33.2 Å². The lowest BCUT2D eigenvalue weighted by Crippen LogP contribution is -2.21. The van der Waals surface area contributed by atoms with Gasteiger partial charge in [0.1, 0.15) is 24.3 Å². The Morgan fingerprint density at radius 2 is 1.71 bits per heavy atom. The molecule has 120 valence electrons. The molecule has 0 aliphatic heterocycles. The van der Waals surface area contributed by atoms with Crippen LogP contribution in [0.15, 0.2) is 17.0 Å². The maximum Gasteiger partial charge on any atom is 0.160 e. The van der Waals surface area contributed by atoms with E-state index in [2.05, 4.69) is 0 Å². The Labute approximate surface area is 127 Å². The topological polar surface area (TPSA) is 44.5 Å². The van der Waals surface area contributed by atoms with Crippen molar-refractivity contribution in [2.45, 2.75) is 23.7 Å². The number of alkyl halides is 3. The SMILES string of the molecule is COc1cc(CCN)cc(OC)c1SCC(F)C(F)CF. The van der Waals surface area contributed by atoms with E-state index in [1.807, 2.05) is 0 Å². The van der Waals surface area contributed by atoms with Gasteiger partial charge in [-0.05, 0) is 30.7 Å². The third kappa shape index (κ3) is 5.00. The fourth-order valence-corrected chi connectivity index (χ4v) is 2.86. The Kier molecular flexibility index (Phi) is 7.74. The number of nitrogens with two attached hydrogens (primary N) is 1. The van der Waals surface area contributed by atoms with E-state index in [1.165, 1.54) is 14.2 Å². The summed E-state index contributed by atoms with van der Waals surface area (Å²) in [5, 5.41) is 0. The largest absolute Gasteiger partial charge is 0.495 e. The van der Waals surface area contributed by atoms with Gasteiger partial charge in [-0.15, -0.1) is 11.8 Å². The molecule has 0 saturated carbocycles. The summed E-state index contributed by atoms with van der Waals surface area (Å²) in [7, 11) is 2.97. The van der Waals surface area contributed by atoms with Gasteiger partial charge >= 0.3 is 0 Å². The number of methoxy groups -OCH3 is 2. The standard InChI is InChI=1S/C14H20F3NO2S/c1-19-12-5-9(3-4-18)6-13(20-2)14(12)21-8-11(17)10(16)7-15/h5-6,10-11H,3-4,7-8,18H2,1-2H3. The molecule has 7 heteroatoms. The molecule has 0 radical (unpaired) electrons. The van der Waals surface area contributed by atoms with Crippen LogP contribution in [0.1, 0.15) is 5.56 Å². The number of benzene rings is 1. The van der Waals surface area contributed by atoms with E-state index in [1.54, 1.807) is 12.1 Å². The zero-order valence-electron chi connectivity index (χ0n) is 12.1. The Morgan fingerprint density at radius 3 is 2.14 bits per heavy atom. The number of rotatable bonds is 9. The van der Waals surface area contributed by atoms with E-state index in [9.17, 15) is 13.2 Å². The highest BCUT2D eigenvalue weighted by Gasteiger charge is 2.22. The minimum Gasteiger partial charge on any atom is -0.495 e.